The second-order valence-corrected chi connectivity index (χ2v) is 4.48. The summed E-state index contributed by atoms with van der Waals surface area (Å²) >= 11 is 9.54. The standard InChI is InChI=1S/C12H17BrClN/c1-3-7-15(4-2)12-8-11(14)6-5-10(12)9-13/h5-6,8H,3-4,7,9H2,1-2H3. The Morgan fingerprint density at radius 3 is 2.60 bits per heavy atom. The fourth-order valence-corrected chi connectivity index (χ4v) is 2.30. The van der Waals surface area contributed by atoms with E-state index >= 15 is 0 Å². The molecular weight excluding hydrogens is 273 g/mol. The molecule has 0 fully saturated rings. The van der Waals surface area contributed by atoms with E-state index in [0.29, 0.717) is 0 Å². The summed E-state index contributed by atoms with van der Waals surface area (Å²) in [5.41, 5.74) is 2.55. The van der Waals surface area contributed by atoms with Crippen molar-refractivity contribution < 1.29 is 0 Å². The van der Waals surface area contributed by atoms with E-state index in [9.17, 15) is 0 Å². The second-order valence-electron chi connectivity index (χ2n) is 3.49. The van der Waals surface area contributed by atoms with E-state index in [2.05, 4.69) is 46.8 Å². The second kappa shape index (κ2) is 6.39. The molecule has 0 radical (unpaired) electrons. The van der Waals surface area contributed by atoms with Crippen LogP contribution in [-0.4, -0.2) is 13.1 Å². The molecule has 0 aliphatic heterocycles. The number of alkyl halides is 1. The largest absolute Gasteiger partial charge is 0.372 e. The van der Waals surface area contributed by atoms with E-state index in [4.69, 9.17) is 11.6 Å². The van der Waals surface area contributed by atoms with Gasteiger partial charge in [-0.1, -0.05) is 40.5 Å². The van der Waals surface area contributed by atoms with Crippen molar-refractivity contribution in [1.82, 2.24) is 0 Å². The van der Waals surface area contributed by atoms with Gasteiger partial charge in [-0.25, -0.2) is 0 Å². The van der Waals surface area contributed by atoms with Crippen molar-refractivity contribution in [3.05, 3.63) is 28.8 Å². The topological polar surface area (TPSA) is 3.24 Å². The van der Waals surface area contributed by atoms with Crippen LogP contribution < -0.4 is 4.90 Å². The molecule has 0 spiro atoms. The van der Waals surface area contributed by atoms with Gasteiger partial charge in [0.15, 0.2) is 0 Å². The Labute approximate surface area is 106 Å². The summed E-state index contributed by atoms with van der Waals surface area (Å²) in [7, 11) is 0. The molecule has 1 rings (SSSR count). The summed E-state index contributed by atoms with van der Waals surface area (Å²) in [6.07, 6.45) is 1.15. The number of hydrogen-bond acceptors (Lipinski definition) is 1. The minimum absolute atomic E-state index is 0.809. The smallest absolute Gasteiger partial charge is 0.0426 e. The molecular formula is C12H17BrClN. The molecule has 1 aromatic carbocycles. The zero-order valence-electron chi connectivity index (χ0n) is 9.26. The summed E-state index contributed by atoms with van der Waals surface area (Å²) in [6.45, 7) is 6.47. The van der Waals surface area contributed by atoms with E-state index in [1.165, 1.54) is 11.3 Å². The lowest BCUT2D eigenvalue weighted by molar-refractivity contribution is 0.789. The lowest BCUT2D eigenvalue weighted by atomic mass is 10.1. The highest BCUT2D eigenvalue weighted by atomic mass is 79.9. The Bertz CT molecular complexity index is 314. The fourth-order valence-electron chi connectivity index (χ4n) is 1.66. The lowest BCUT2D eigenvalue weighted by Crippen LogP contribution is -2.24. The SMILES string of the molecule is CCCN(CC)c1cc(Cl)ccc1CBr. The quantitative estimate of drug-likeness (QED) is 0.723. The van der Waals surface area contributed by atoms with Gasteiger partial charge in [-0.15, -0.1) is 0 Å². The van der Waals surface area contributed by atoms with Crippen molar-refractivity contribution >= 4 is 33.2 Å². The normalized spacial score (nSPS) is 10.4. The third-order valence-electron chi connectivity index (χ3n) is 2.41. The molecule has 0 aliphatic rings. The molecule has 0 saturated carbocycles. The molecule has 1 nitrogen and oxygen atoms in total. The van der Waals surface area contributed by atoms with Gasteiger partial charge in [-0.05, 0) is 31.0 Å². The number of nitrogens with zero attached hydrogens (tertiary/aromatic N) is 1. The van der Waals surface area contributed by atoms with Gasteiger partial charge in [0.2, 0.25) is 0 Å². The molecule has 0 heterocycles. The van der Waals surface area contributed by atoms with Gasteiger partial charge in [0.25, 0.3) is 0 Å². The number of halogens is 2. The van der Waals surface area contributed by atoms with Crippen LogP contribution >= 0.6 is 27.5 Å². The minimum Gasteiger partial charge on any atom is -0.372 e. The first-order valence-corrected chi connectivity index (χ1v) is 6.82. The lowest BCUT2D eigenvalue weighted by Gasteiger charge is -2.25. The highest BCUT2D eigenvalue weighted by Crippen LogP contribution is 2.26. The van der Waals surface area contributed by atoms with Crippen molar-refractivity contribution in [3.63, 3.8) is 0 Å². The van der Waals surface area contributed by atoms with Gasteiger partial charge in [0.1, 0.15) is 0 Å². The zero-order chi connectivity index (χ0) is 11.3. The van der Waals surface area contributed by atoms with Crippen molar-refractivity contribution in [2.24, 2.45) is 0 Å². The monoisotopic (exact) mass is 289 g/mol. The van der Waals surface area contributed by atoms with E-state index < -0.39 is 0 Å². The van der Waals surface area contributed by atoms with E-state index in [-0.39, 0.29) is 0 Å². The number of anilines is 1. The summed E-state index contributed by atoms with van der Waals surface area (Å²) in [5, 5.41) is 1.68. The average Bonchev–Trinajstić information content (AvgIpc) is 2.26. The summed E-state index contributed by atoms with van der Waals surface area (Å²) in [5.74, 6) is 0. The molecule has 84 valence electrons. The average molecular weight is 291 g/mol. The minimum atomic E-state index is 0.809. The molecule has 0 aromatic heterocycles. The number of rotatable bonds is 5. The maximum Gasteiger partial charge on any atom is 0.0426 e. The van der Waals surface area contributed by atoms with Crippen LogP contribution in [0.25, 0.3) is 0 Å². The first-order valence-electron chi connectivity index (χ1n) is 5.32. The molecule has 0 amide bonds. The highest BCUT2D eigenvalue weighted by molar-refractivity contribution is 9.08. The molecule has 0 atom stereocenters. The Hall–Kier alpha value is -0.210. The number of hydrogen-bond donors (Lipinski definition) is 0. The van der Waals surface area contributed by atoms with E-state index in [1.807, 2.05) is 6.07 Å². The van der Waals surface area contributed by atoms with Crippen LogP contribution in [0.15, 0.2) is 18.2 Å². The maximum atomic E-state index is 6.03. The first-order chi connectivity index (χ1) is 7.22. The van der Waals surface area contributed by atoms with Crippen LogP contribution in [0.4, 0.5) is 5.69 Å². The predicted molar refractivity (Wildman–Crippen MR) is 72.3 cm³/mol. The predicted octanol–water partition coefficient (Wildman–Crippen LogP) is 4.47. The van der Waals surface area contributed by atoms with Crippen LogP contribution in [0, 0.1) is 0 Å². The van der Waals surface area contributed by atoms with Crippen LogP contribution in [0.3, 0.4) is 0 Å². The number of benzene rings is 1. The van der Waals surface area contributed by atoms with Crippen molar-refractivity contribution in [1.29, 1.82) is 0 Å². The van der Waals surface area contributed by atoms with Gasteiger partial charge >= 0.3 is 0 Å². The van der Waals surface area contributed by atoms with Crippen LogP contribution in [0.2, 0.25) is 5.02 Å². The molecule has 3 heteroatoms. The highest BCUT2D eigenvalue weighted by Gasteiger charge is 2.08. The van der Waals surface area contributed by atoms with Gasteiger partial charge in [-0.2, -0.15) is 0 Å². The molecule has 0 bridgehead atoms. The van der Waals surface area contributed by atoms with Gasteiger partial charge in [0.05, 0.1) is 0 Å². The maximum absolute atomic E-state index is 6.03. The van der Waals surface area contributed by atoms with Crippen LogP contribution in [0.5, 0.6) is 0 Å². The third kappa shape index (κ3) is 3.39. The zero-order valence-corrected chi connectivity index (χ0v) is 11.6. The van der Waals surface area contributed by atoms with Crippen molar-refractivity contribution in [2.75, 3.05) is 18.0 Å². The third-order valence-corrected chi connectivity index (χ3v) is 3.25. The Balaban J connectivity index is 3.02. The summed E-state index contributed by atoms with van der Waals surface area (Å²) < 4.78 is 0. The molecule has 0 saturated heterocycles. The molecule has 0 unspecified atom stereocenters. The summed E-state index contributed by atoms with van der Waals surface area (Å²) in [4.78, 5) is 2.36. The molecule has 0 N–H and O–H groups in total. The van der Waals surface area contributed by atoms with E-state index in [1.54, 1.807) is 0 Å². The fraction of sp³-hybridized carbons (Fsp3) is 0.500. The van der Waals surface area contributed by atoms with Crippen molar-refractivity contribution in [3.8, 4) is 0 Å². The Kier molecular flexibility index (Phi) is 5.48. The summed E-state index contributed by atoms with van der Waals surface area (Å²) in [6, 6.07) is 6.09. The Morgan fingerprint density at radius 1 is 1.33 bits per heavy atom. The van der Waals surface area contributed by atoms with Crippen LogP contribution in [-0.2, 0) is 5.33 Å². The molecule has 1 aromatic rings. The first kappa shape index (κ1) is 12.9. The van der Waals surface area contributed by atoms with Gasteiger partial charge in [0, 0.05) is 29.1 Å². The van der Waals surface area contributed by atoms with Gasteiger partial charge in [-0.3, -0.25) is 0 Å². The molecule has 0 aliphatic carbocycles. The van der Waals surface area contributed by atoms with Gasteiger partial charge < -0.3 is 4.90 Å². The van der Waals surface area contributed by atoms with Crippen molar-refractivity contribution in [2.45, 2.75) is 25.6 Å². The molecule has 15 heavy (non-hydrogen) atoms. The van der Waals surface area contributed by atoms with E-state index in [0.717, 1.165) is 29.9 Å². The van der Waals surface area contributed by atoms with Crippen LogP contribution in [0.1, 0.15) is 25.8 Å². The Morgan fingerprint density at radius 2 is 2.07 bits per heavy atom.